The fourth-order valence-corrected chi connectivity index (χ4v) is 3.26. The lowest BCUT2D eigenvalue weighted by Crippen LogP contribution is -2.36. The molecule has 0 aliphatic carbocycles. The summed E-state index contributed by atoms with van der Waals surface area (Å²) < 4.78 is 6.74. The lowest BCUT2D eigenvalue weighted by molar-refractivity contribution is -0.163. The Balaban J connectivity index is 2.38. The Hall–Kier alpha value is -1.76. The summed E-state index contributed by atoms with van der Waals surface area (Å²) in [6, 6.07) is 8.07. The second-order valence-electron chi connectivity index (χ2n) is 7.65. The van der Waals surface area contributed by atoms with Gasteiger partial charge in [0.05, 0.1) is 5.92 Å². The molecule has 6 nitrogen and oxygen atoms in total. The van der Waals surface area contributed by atoms with Gasteiger partial charge < -0.3 is 4.74 Å². The van der Waals surface area contributed by atoms with E-state index in [-0.39, 0.29) is 23.7 Å². The highest BCUT2D eigenvalue weighted by Crippen LogP contribution is 2.35. The molecule has 0 spiro atoms. The summed E-state index contributed by atoms with van der Waals surface area (Å²) >= 11 is 3.46. The highest BCUT2D eigenvalue weighted by Gasteiger charge is 2.38. The van der Waals surface area contributed by atoms with Gasteiger partial charge in [-0.05, 0) is 50.8 Å². The first-order valence-corrected chi connectivity index (χ1v) is 9.71. The van der Waals surface area contributed by atoms with Crippen LogP contribution >= 0.6 is 15.9 Å². The number of esters is 1. The van der Waals surface area contributed by atoms with Crippen molar-refractivity contribution < 1.29 is 9.53 Å². The van der Waals surface area contributed by atoms with Gasteiger partial charge in [0.15, 0.2) is 5.82 Å². The van der Waals surface area contributed by atoms with Crippen LogP contribution in [0, 0.1) is 11.8 Å². The van der Waals surface area contributed by atoms with Crippen molar-refractivity contribution in [2.75, 3.05) is 0 Å². The standard InChI is InChI=1S/C19H27BrN4O2/c1-6-12(2)16(18(25)26-19(3,4)5)15(17-21-23-24-22-17)11-13-7-9-14(20)10-8-13/h7-10,12,15-16H,6,11H2,1-5H3,(H,21,22,23,24)/t12-,15+,16+/m1/s1. The number of rotatable bonds is 7. The minimum Gasteiger partial charge on any atom is -0.460 e. The third-order valence-electron chi connectivity index (χ3n) is 4.43. The van der Waals surface area contributed by atoms with Crippen LogP contribution < -0.4 is 0 Å². The monoisotopic (exact) mass is 422 g/mol. The molecular formula is C19H27BrN4O2. The van der Waals surface area contributed by atoms with Gasteiger partial charge >= 0.3 is 5.97 Å². The van der Waals surface area contributed by atoms with Crippen molar-refractivity contribution in [3.05, 3.63) is 40.1 Å². The predicted octanol–water partition coefficient (Wildman–Crippen LogP) is 4.29. The van der Waals surface area contributed by atoms with Crippen LogP contribution in [-0.4, -0.2) is 32.2 Å². The molecule has 1 heterocycles. The highest BCUT2D eigenvalue weighted by molar-refractivity contribution is 9.10. The molecule has 26 heavy (non-hydrogen) atoms. The molecule has 0 unspecified atom stereocenters. The number of nitrogens with zero attached hydrogens (tertiary/aromatic N) is 3. The lowest BCUT2D eigenvalue weighted by Gasteiger charge is -2.31. The van der Waals surface area contributed by atoms with E-state index in [9.17, 15) is 4.79 Å². The van der Waals surface area contributed by atoms with Crippen molar-refractivity contribution in [1.82, 2.24) is 20.6 Å². The van der Waals surface area contributed by atoms with Crippen molar-refractivity contribution in [3.63, 3.8) is 0 Å². The van der Waals surface area contributed by atoms with Gasteiger partial charge in [0, 0.05) is 10.4 Å². The van der Waals surface area contributed by atoms with Crippen LogP contribution in [0.2, 0.25) is 0 Å². The molecule has 0 amide bonds. The summed E-state index contributed by atoms with van der Waals surface area (Å²) in [6.07, 6.45) is 1.50. The molecular weight excluding hydrogens is 396 g/mol. The van der Waals surface area contributed by atoms with E-state index in [1.54, 1.807) is 0 Å². The number of carbonyl (C=O) groups excluding carboxylic acids is 1. The maximum absolute atomic E-state index is 13.0. The first-order chi connectivity index (χ1) is 12.2. The van der Waals surface area contributed by atoms with Gasteiger partial charge in [0.2, 0.25) is 0 Å². The van der Waals surface area contributed by atoms with E-state index >= 15 is 0 Å². The summed E-state index contributed by atoms with van der Waals surface area (Å²) in [5, 5.41) is 14.6. The van der Waals surface area contributed by atoms with Crippen molar-refractivity contribution in [2.45, 2.75) is 59.0 Å². The van der Waals surface area contributed by atoms with Gasteiger partial charge in [-0.3, -0.25) is 4.79 Å². The number of benzene rings is 1. The molecule has 3 atom stereocenters. The Morgan fingerprint density at radius 1 is 1.27 bits per heavy atom. The number of aromatic amines is 1. The van der Waals surface area contributed by atoms with Crippen LogP contribution in [0.1, 0.15) is 58.3 Å². The Kier molecular flexibility index (Phi) is 6.92. The van der Waals surface area contributed by atoms with Crippen LogP contribution in [0.15, 0.2) is 28.7 Å². The summed E-state index contributed by atoms with van der Waals surface area (Å²) in [4.78, 5) is 13.0. The van der Waals surface area contributed by atoms with E-state index in [2.05, 4.69) is 50.4 Å². The Morgan fingerprint density at radius 3 is 2.42 bits per heavy atom. The van der Waals surface area contributed by atoms with E-state index in [0.717, 1.165) is 16.5 Å². The van der Waals surface area contributed by atoms with Crippen LogP contribution in [0.25, 0.3) is 0 Å². The van der Waals surface area contributed by atoms with Gasteiger partial charge in [0.1, 0.15) is 5.60 Å². The van der Waals surface area contributed by atoms with Crippen LogP contribution in [0.5, 0.6) is 0 Å². The number of H-pyrrole nitrogens is 1. The second kappa shape index (κ2) is 8.75. The van der Waals surface area contributed by atoms with Gasteiger partial charge in [-0.25, -0.2) is 0 Å². The Morgan fingerprint density at radius 2 is 1.92 bits per heavy atom. The number of hydrogen-bond acceptors (Lipinski definition) is 5. The third kappa shape index (κ3) is 5.62. The third-order valence-corrected chi connectivity index (χ3v) is 4.96. The zero-order valence-corrected chi connectivity index (χ0v) is 17.6. The number of ether oxygens (including phenoxy) is 1. The average molecular weight is 423 g/mol. The molecule has 0 saturated heterocycles. The molecule has 0 aliphatic heterocycles. The van der Waals surface area contributed by atoms with Crippen LogP contribution in [0.4, 0.5) is 0 Å². The number of aromatic nitrogens is 4. The molecule has 0 saturated carbocycles. The van der Waals surface area contributed by atoms with E-state index in [0.29, 0.717) is 12.2 Å². The summed E-state index contributed by atoms with van der Waals surface area (Å²) in [6.45, 7) is 9.81. The van der Waals surface area contributed by atoms with Gasteiger partial charge in [0.25, 0.3) is 0 Å². The SMILES string of the molecule is CC[C@@H](C)[C@H](C(=O)OC(C)(C)C)[C@H](Cc1ccc(Br)cc1)c1nn[nH]n1. The molecule has 1 N–H and O–H groups in total. The quantitative estimate of drug-likeness (QED) is 0.672. The molecule has 142 valence electrons. The minimum atomic E-state index is -0.539. The molecule has 7 heteroatoms. The van der Waals surface area contributed by atoms with E-state index in [4.69, 9.17) is 4.74 Å². The molecule has 1 aromatic carbocycles. The summed E-state index contributed by atoms with van der Waals surface area (Å²) in [5.74, 6) is -0.0909. The van der Waals surface area contributed by atoms with Crippen LogP contribution in [0.3, 0.4) is 0 Å². The Labute approximate surface area is 163 Å². The van der Waals surface area contributed by atoms with E-state index < -0.39 is 5.60 Å². The van der Waals surface area contributed by atoms with Crippen molar-refractivity contribution >= 4 is 21.9 Å². The number of carbonyl (C=O) groups is 1. The number of halogens is 1. The fourth-order valence-electron chi connectivity index (χ4n) is 3.00. The molecule has 2 aromatic rings. The fraction of sp³-hybridized carbons (Fsp3) is 0.579. The molecule has 2 rings (SSSR count). The van der Waals surface area contributed by atoms with Crippen molar-refractivity contribution in [3.8, 4) is 0 Å². The first kappa shape index (κ1) is 20.6. The van der Waals surface area contributed by atoms with Gasteiger partial charge in [-0.2, -0.15) is 5.21 Å². The smallest absolute Gasteiger partial charge is 0.310 e. The van der Waals surface area contributed by atoms with Crippen LogP contribution in [-0.2, 0) is 16.0 Å². The predicted molar refractivity (Wildman–Crippen MR) is 104 cm³/mol. The summed E-state index contributed by atoms with van der Waals surface area (Å²) in [5.41, 5.74) is 0.572. The topological polar surface area (TPSA) is 80.8 Å². The Bertz CT molecular complexity index is 695. The number of nitrogens with one attached hydrogen (secondary N) is 1. The van der Waals surface area contributed by atoms with E-state index in [1.165, 1.54) is 0 Å². The van der Waals surface area contributed by atoms with E-state index in [1.807, 2.05) is 45.0 Å². The normalized spacial score (nSPS) is 15.3. The lowest BCUT2D eigenvalue weighted by atomic mass is 9.77. The van der Waals surface area contributed by atoms with Gasteiger partial charge in [-0.1, -0.05) is 53.5 Å². The van der Waals surface area contributed by atoms with Crippen molar-refractivity contribution in [1.29, 1.82) is 0 Å². The molecule has 0 bridgehead atoms. The van der Waals surface area contributed by atoms with Crippen molar-refractivity contribution in [2.24, 2.45) is 11.8 Å². The summed E-state index contributed by atoms with van der Waals surface area (Å²) in [7, 11) is 0. The highest BCUT2D eigenvalue weighted by atomic mass is 79.9. The number of hydrogen-bond donors (Lipinski definition) is 1. The maximum Gasteiger partial charge on any atom is 0.310 e. The largest absolute Gasteiger partial charge is 0.460 e. The molecule has 1 aromatic heterocycles. The zero-order chi connectivity index (χ0) is 19.3. The minimum absolute atomic E-state index is 0.129. The van der Waals surface area contributed by atoms with Gasteiger partial charge in [-0.15, -0.1) is 10.2 Å². The molecule has 0 radical (unpaired) electrons. The number of tetrazole rings is 1. The average Bonchev–Trinajstić information content (AvgIpc) is 3.08. The maximum atomic E-state index is 13.0. The second-order valence-corrected chi connectivity index (χ2v) is 8.57. The molecule has 0 fully saturated rings. The molecule has 0 aliphatic rings. The zero-order valence-electron chi connectivity index (χ0n) is 16.0. The first-order valence-electron chi connectivity index (χ1n) is 8.92.